The molecule has 16 heavy (non-hydrogen) atoms. The molecule has 4 heteroatoms. The molecule has 1 atom stereocenters. The summed E-state index contributed by atoms with van der Waals surface area (Å²) in [7, 11) is 0. The van der Waals surface area contributed by atoms with Gasteiger partial charge in [0.2, 0.25) is 0 Å². The zero-order valence-electron chi connectivity index (χ0n) is 11.0. The lowest BCUT2D eigenvalue weighted by atomic mass is 10.2. The molecule has 0 spiro atoms. The Hall–Kier alpha value is -0.610. The summed E-state index contributed by atoms with van der Waals surface area (Å²) in [5.41, 5.74) is -0.465. The second kappa shape index (κ2) is 7.63. The molecule has 0 aliphatic carbocycles. The smallest absolute Gasteiger partial charge is 0.335 e. The van der Waals surface area contributed by atoms with Crippen LogP contribution in [0.25, 0.3) is 0 Å². The van der Waals surface area contributed by atoms with Gasteiger partial charge in [-0.3, -0.25) is 0 Å². The average Bonchev–Trinajstić information content (AvgIpc) is 2.14. The Morgan fingerprint density at radius 2 is 1.81 bits per heavy atom. The number of hydrogen-bond acceptors (Lipinski definition) is 4. The number of carbonyl (C=O) groups excluding carboxylic acids is 1. The van der Waals surface area contributed by atoms with Gasteiger partial charge in [0, 0.05) is 6.61 Å². The fraction of sp³-hybridized carbons (Fsp3) is 0.917. The van der Waals surface area contributed by atoms with E-state index in [1.807, 2.05) is 27.7 Å². The first-order valence-electron chi connectivity index (χ1n) is 5.79. The highest BCUT2D eigenvalue weighted by Crippen LogP contribution is 2.09. The van der Waals surface area contributed by atoms with Crippen LogP contribution in [-0.2, 0) is 19.0 Å². The zero-order valence-corrected chi connectivity index (χ0v) is 11.0. The Morgan fingerprint density at radius 1 is 1.19 bits per heavy atom. The van der Waals surface area contributed by atoms with Gasteiger partial charge in [0.1, 0.15) is 5.60 Å². The summed E-state index contributed by atoms with van der Waals surface area (Å²) >= 11 is 0. The summed E-state index contributed by atoms with van der Waals surface area (Å²) in [5, 5.41) is 0. The number of rotatable bonds is 7. The summed E-state index contributed by atoms with van der Waals surface area (Å²) in [6, 6.07) is 0. The maximum Gasteiger partial charge on any atom is 0.335 e. The van der Waals surface area contributed by atoms with E-state index in [0.717, 1.165) is 13.0 Å². The molecule has 4 nitrogen and oxygen atoms in total. The van der Waals surface area contributed by atoms with Crippen molar-refractivity contribution in [1.29, 1.82) is 0 Å². The third-order valence-corrected chi connectivity index (χ3v) is 1.68. The van der Waals surface area contributed by atoms with Gasteiger partial charge in [-0.15, -0.1) is 0 Å². The van der Waals surface area contributed by atoms with E-state index in [4.69, 9.17) is 14.2 Å². The normalized spacial score (nSPS) is 13.6. The van der Waals surface area contributed by atoms with E-state index in [-0.39, 0.29) is 5.97 Å². The van der Waals surface area contributed by atoms with Crippen LogP contribution in [0.2, 0.25) is 0 Å². The monoisotopic (exact) mass is 232 g/mol. The predicted molar refractivity (Wildman–Crippen MR) is 62.4 cm³/mol. The molecule has 0 amide bonds. The van der Waals surface area contributed by atoms with Crippen LogP contribution in [0, 0.1) is 0 Å². The van der Waals surface area contributed by atoms with Crippen LogP contribution in [0.5, 0.6) is 0 Å². The highest BCUT2D eigenvalue weighted by atomic mass is 16.6. The van der Waals surface area contributed by atoms with E-state index in [9.17, 15) is 4.79 Å². The lowest BCUT2D eigenvalue weighted by Crippen LogP contribution is -2.32. The number of ether oxygens (including phenoxy) is 3. The fourth-order valence-corrected chi connectivity index (χ4v) is 0.983. The maximum absolute atomic E-state index is 11.5. The second-order valence-corrected chi connectivity index (χ2v) is 4.66. The quantitative estimate of drug-likeness (QED) is 0.498. The van der Waals surface area contributed by atoms with E-state index >= 15 is 0 Å². The van der Waals surface area contributed by atoms with Crippen LogP contribution in [0.3, 0.4) is 0 Å². The molecule has 96 valence electrons. The lowest BCUT2D eigenvalue weighted by molar-refractivity contribution is -0.168. The molecular formula is C12H24O4. The van der Waals surface area contributed by atoms with Gasteiger partial charge >= 0.3 is 5.97 Å². The molecule has 0 aliphatic rings. The van der Waals surface area contributed by atoms with E-state index in [1.54, 1.807) is 6.92 Å². The van der Waals surface area contributed by atoms with Crippen LogP contribution in [0.4, 0.5) is 0 Å². The molecule has 1 unspecified atom stereocenters. The van der Waals surface area contributed by atoms with Crippen molar-refractivity contribution < 1.29 is 19.0 Å². The first-order valence-corrected chi connectivity index (χ1v) is 5.79. The molecule has 0 N–H and O–H groups in total. The summed E-state index contributed by atoms with van der Waals surface area (Å²) in [6.07, 6.45) is 0.450. The lowest BCUT2D eigenvalue weighted by Gasteiger charge is -2.22. The van der Waals surface area contributed by atoms with Crippen molar-refractivity contribution in [3.63, 3.8) is 0 Å². The molecule has 0 aromatic heterocycles. The Kier molecular flexibility index (Phi) is 7.34. The van der Waals surface area contributed by atoms with Crippen molar-refractivity contribution in [3.05, 3.63) is 0 Å². The zero-order chi connectivity index (χ0) is 12.6. The second-order valence-electron chi connectivity index (χ2n) is 4.66. The van der Waals surface area contributed by atoms with Crippen molar-refractivity contribution >= 4 is 5.97 Å². The third kappa shape index (κ3) is 8.68. The summed E-state index contributed by atoms with van der Waals surface area (Å²) < 4.78 is 15.7. The number of carbonyl (C=O) groups is 1. The minimum Gasteiger partial charge on any atom is -0.458 e. The van der Waals surface area contributed by atoms with Crippen LogP contribution >= 0.6 is 0 Å². The summed E-state index contributed by atoms with van der Waals surface area (Å²) in [5.74, 6) is -0.331. The van der Waals surface area contributed by atoms with E-state index < -0.39 is 11.7 Å². The Morgan fingerprint density at radius 3 is 2.31 bits per heavy atom. The third-order valence-electron chi connectivity index (χ3n) is 1.68. The van der Waals surface area contributed by atoms with E-state index in [1.165, 1.54) is 0 Å². The molecule has 0 aliphatic heterocycles. The van der Waals surface area contributed by atoms with Crippen molar-refractivity contribution in [3.8, 4) is 0 Å². The van der Waals surface area contributed by atoms with Crippen molar-refractivity contribution in [2.24, 2.45) is 0 Å². The minimum absolute atomic E-state index is 0.331. The highest BCUT2D eigenvalue weighted by molar-refractivity contribution is 5.74. The highest BCUT2D eigenvalue weighted by Gasteiger charge is 2.21. The molecule has 0 saturated heterocycles. The largest absolute Gasteiger partial charge is 0.458 e. The maximum atomic E-state index is 11.5. The van der Waals surface area contributed by atoms with Crippen LogP contribution < -0.4 is 0 Å². The summed E-state index contributed by atoms with van der Waals surface area (Å²) in [6.45, 7) is 10.9. The molecule has 0 fully saturated rings. The SMILES string of the molecule is CCCOCCOC(C)C(=O)OC(C)(C)C. The first-order chi connectivity index (χ1) is 7.37. The Balaban J connectivity index is 3.64. The van der Waals surface area contributed by atoms with E-state index in [0.29, 0.717) is 13.2 Å². The average molecular weight is 232 g/mol. The van der Waals surface area contributed by atoms with Gasteiger partial charge in [-0.2, -0.15) is 0 Å². The van der Waals surface area contributed by atoms with Crippen molar-refractivity contribution in [2.45, 2.75) is 52.7 Å². The molecule has 0 aromatic carbocycles. The van der Waals surface area contributed by atoms with Crippen LogP contribution in [0.15, 0.2) is 0 Å². The van der Waals surface area contributed by atoms with E-state index in [2.05, 4.69) is 0 Å². The van der Waals surface area contributed by atoms with Gasteiger partial charge in [-0.25, -0.2) is 4.79 Å². The minimum atomic E-state index is -0.538. The van der Waals surface area contributed by atoms with Gasteiger partial charge in [-0.1, -0.05) is 6.92 Å². The number of esters is 1. The van der Waals surface area contributed by atoms with Gasteiger partial charge in [0.05, 0.1) is 13.2 Å². The molecular weight excluding hydrogens is 208 g/mol. The van der Waals surface area contributed by atoms with Crippen molar-refractivity contribution in [1.82, 2.24) is 0 Å². The van der Waals surface area contributed by atoms with Crippen LogP contribution in [0.1, 0.15) is 41.0 Å². The molecule has 0 heterocycles. The van der Waals surface area contributed by atoms with Gasteiger partial charge < -0.3 is 14.2 Å². The van der Waals surface area contributed by atoms with Gasteiger partial charge in [0.25, 0.3) is 0 Å². The topological polar surface area (TPSA) is 44.8 Å². The number of hydrogen-bond donors (Lipinski definition) is 0. The molecule has 0 bridgehead atoms. The fourth-order valence-electron chi connectivity index (χ4n) is 0.983. The standard InChI is InChI=1S/C12H24O4/c1-6-7-14-8-9-15-10(2)11(13)16-12(3,4)5/h10H,6-9H2,1-5H3. The Labute approximate surface area is 98.3 Å². The molecule has 0 saturated carbocycles. The van der Waals surface area contributed by atoms with Crippen LogP contribution in [-0.4, -0.2) is 37.5 Å². The van der Waals surface area contributed by atoms with Gasteiger partial charge in [0.15, 0.2) is 6.10 Å². The molecule has 0 aromatic rings. The Bertz CT molecular complexity index is 196. The molecule has 0 radical (unpaired) electrons. The first kappa shape index (κ1) is 15.4. The summed E-state index contributed by atoms with van der Waals surface area (Å²) in [4.78, 5) is 11.5. The predicted octanol–water partition coefficient (Wildman–Crippen LogP) is 2.16. The molecule has 0 rings (SSSR count). The van der Waals surface area contributed by atoms with Crippen molar-refractivity contribution in [2.75, 3.05) is 19.8 Å². The van der Waals surface area contributed by atoms with Gasteiger partial charge in [-0.05, 0) is 34.1 Å².